The molecule has 1 aliphatic heterocycles. The van der Waals surface area contributed by atoms with Gasteiger partial charge < -0.3 is 26.3 Å². The number of nitrogen functional groups attached to an aromatic ring is 1. The average Bonchev–Trinajstić information content (AvgIpc) is 3.40. The SMILES string of the molecule is NC(=O)c1nsc(C(=O)N(CC(=O)NC2CCCC2)c2ccc3c(c2)OCCO3)c1N. The highest BCUT2D eigenvalue weighted by Gasteiger charge is 2.29. The van der Waals surface area contributed by atoms with Crippen molar-refractivity contribution in [1.82, 2.24) is 9.69 Å². The molecule has 10 nitrogen and oxygen atoms in total. The van der Waals surface area contributed by atoms with Gasteiger partial charge >= 0.3 is 0 Å². The summed E-state index contributed by atoms with van der Waals surface area (Å²) in [4.78, 5) is 38.9. The molecule has 4 rings (SSSR count). The molecule has 5 N–H and O–H groups in total. The highest BCUT2D eigenvalue weighted by atomic mass is 32.1. The Morgan fingerprint density at radius 1 is 1.16 bits per heavy atom. The summed E-state index contributed by atoms with van der Waals surface area (Å²) in [7, 11) is 0. The standard InChI is InChI=1S/C20H23N5O5S/c21-16-17(19(22)27)24-31-18(16)20(28)25(10-15(26)23-11-3-1-2-4-11)12-5-6-13-14(9-12)30-8-7-29-13/h5-6,9,11H,1-4,7-8,10,21H2,(H2,22,27)(H,23,26). The molecule has 1 aliphatic carbocycles. The Kier molecular flexibility index (Phi) is 5.94. The molecule has 1 fully saturated rings. The van der Waals surface area contributed by atoms with Gasteiger partial charge in [0, 0.05) is 17.8 Å². The molecule has 1 aromatic carbocycles. The minimum atomic E-state index is -0.822. The molecule has 0 unspecified atom stereocenters. The number of nitrogens with zero attached hydrogens (tertiary/aromatic N) is 2. The maximum atomic E-state index is 13.4. The van der Waals surface area contributed by atoms with Crippen LogP contribution in [0.25, 0.3) is 0 Å². The van der Waals surface area contributed by atoms with Gasteiger partial charge in [-0.15, -0.1) is 0 Å². The predicted molar refractivity (Wildman–Crippen MR) is 115 cm³/mol. The van der Waals surface area contributed by atoms with Crippen molar-refractivity contribution in [2.45, 2.75) is 31.7 Å². The first-order valence-corrected chi connectivity index (χ1v) is 10.8. The smallest absolute Gasteiger partial charge is 0.272 e. The first kappa shape index (κ1) is 20.9. The molecule has 2 aromatic rings. The molecule has 0 spiro atoms. The summed E-state index contributed by atoms with van der Waals surface area (Å²) >= 11 is 0.770. The van der Waals surface area contributed by atoms with Crippen LogP contribution in [0.3, 0.4) is 0 Å². The molecule has 0 bridgehead atoms. The van der Waals surface area contributed by atoms with Crippen LogP contribution in [0.1, 0.15) is 45.8 Å². The van der Waals surface area contributed by atoms with Gasteiger partial charge in [-0.25, -0.2) is 0 Å². The number of primary amides is 1. The highest BCUT2D eigenvalue weighted by molar-refractivity contribution is 7.09. The molecule has 2 heterocycles. The molecular weight excluding hydrogens is 422 g/mol. The van der Waals surface area contributed by atoms with Crippen molar-refractivity contribution >= 4 is 40.6 Å². The van der Waals surface area contributed by atoms with Gasteiger partial charge in [0.15, 0.2) is 17.2 Å². The quantitative estimate of drug-likeness (QED) is 0.606. The second-order valence-electron chi connectivity index (χ2n) is 7.41. The fourth-order valence-corrected chi connectivity index (χ4v) is 4.47. The third-order valence-corrected chi connectivity index (χ3v) is 6.11. The van der Waals surface area contributed by atoms with Crippen LogP contribution < -0.4 is 31.2 Å². The summed E-state index contributed by atoms with van der Waals surface area (Å²) < 4.78 is 15.0. The van der Waals surface area contributed by atoms with Gasteiger partial charge in [0.05, 0.1) is 5.69 Å². The maximum Gasteiger partial charge on any atom is 0.272 e. The zero-order valence-corrected chi connectivity index (χ0v) is 17.6. The third kappa shape index (κ3) is 4.41. The predicted octanol–water partition coefficient (Wildman–Crippen LogP) is 1.30. The molecule has 1 aromatic heterocycles. The fraction of sp³-hybridized carbons (Fsp3) is 0.400. The molecule has 2 aliphatic rings. The number of aromatic nitrogens is 1. The highest BCUT2D eigenvalue weighted by Crippen LogP contribution is 2.35. The molecular formula is C20H23N5O5S. The van der Waals surface area contributed by atoms with Crippen LogP contribution in [0.2, 0.25) is 0 Å². The number of nitrogens with two attached hydrogens (primary N) is 2. The van der Waals surface area contributed by atoms with Gasteiger partial charge in [-0.05, 0) is 36.5 Å². The lowest BCUT2D eigenvalue weighted by Crippen LogP contribution is -2.43. The molecule has 1 saturated carbocycles. The van der Waals surface area contributed by atoms with Gasteiger partial charge in [0.2, 0.25) is 5.91 Å². The lowest BCUT2D eigenvalue weighted by molar-refractivity contribution is -0.120. The van der Waals surface area contributed by atoms with Crippen LogP contribution >= 0.6 is 11.5 Å². The van der Waals surface area contributed by atoms with E-state index in [4.69, 9.17) is 20.9 Å². The normalized spacial score (nSPS) is 15.5. The van der Waals surface area contributed by atoms with Crippen LogP contribution in [0.5, 0.6) is 11.5 Å². The number of fused-ring (bicyclic) bond motifs is 1. The Morgan fingerprint density at radius 3 is 2.55 bits per heavy atom. The summed E-state index contributed by atoms with van der Waals surface area (Å²) in [6.45, 7) is 0.598. The summed E-state index contributed by atoms with van der Waals surface area (Å²) in [6, 6.07) is 5.10. The number of benzene rings is 1. The van der Waals surface area contributed by atoms with Crippen molar-refractivity contribution in [3.05, 3.63) is 28.8 Å². The number of rotatable bonds is 6. The molecule has 31 heavy (non-hydrogen) atoms. The van der Waals surface area contributed by atoms with Crippen LogP contribution in [0.15, 0.2) is 18.2 Å². The lowest BCUT2D eigenvalue weighted by atomic mass is 10.2. The van der Waals surface area contributed by atoms with E-state index in [1.54, 1.807) is 18.2 Å². The van der Waals surface area contributed by atoms with Gasteiger partial charge in [-0.2, -0.15) is 4.37 Å². The number of carbonyl (C=O) groups is 3. The Balaban J connectivity index is 1.64. The second-order valence-corrected chi connectivity index (χ2v) is 8.18. The van der Waals surface area contributed by atoms with Gasteiger partial charge in [-0.1, -0.05) is 12.8 Å². The summed E-state index contributed by atoms with van der Waals surface area (Å²) in [5, 5.41) is 2.98. The van der Waals surface area contributed by atoms with E-state index in [0.717, 1.165) is 37.2 Å². The average molecular weight is 446 g/mol. The molecule has 0 atom stereocenters. The Morgan fingerprint density at radius 2 is 1.87 bits per heavy atom. The van der Waals surface area contributed by atoms with Crippen molar-refractivity contribution < 1.29 is 23.9 Å². The number of nitrogens with one attached hydrogen (secondary N) is 1. The van der Waals surface area contributed by atoms with Crippen LogP contribution in [-0.4, -0.2) is 47.9 Å². The summed E-state index contributed by atoms with van der Waals surface area (Å²) in [6.07, 6.45) is 3.99. The first-order chi connectivity index (χ1) is 14.9. The van der Waals surface area contributed by atoms with Crippen LogP contribution in [0, 0.1) is 0 Å². The van der Waals surface area contributed by atoms with Gasteiger partial charge in [0.1, 0.15) is 24.6 Å². The van der Waals surface area contributed by atoms with E-state index in [1.165, 1.54) is 4.90 Å². The van der Waals surface area contributed by atoms with Crippen molar-refractivity contribution in [2.75, 3.05) is 30.4 Å². The number of hydrogen-bond acceptors (Lipinski definition) is 8. The Hall–Kier alpha value is -3.34. The van der Waals surface area contributed by atoms with Crippen molar-refractivity contribution in [1.29, 1.82) is 0 Å². The third-order valence-electron chi connectivity index (χ3n) is 5.26. The maximum absolute atomic E-state index is 13.4. The summed E-state index contributed by atoms with van der Waals surface area (Å²) in [5.74, 6) is -0.620. The van der Waals surface area contributed by atoms with Crippen molar-refractivity contribution in [3.8, 4) is 11.5 Å². The Bertz CT molecular complexity index is 1020. The van der Waals surface area contributed by atoms with E-state index in [9.17, 15) is 14.4 Å². The number of ether oxygens (including phenoxy) is 2. The monoisotopic (exact) mass is 445 g/mol. The van der Waals surface area contributed by atoms with E-state index in [1.807, 2.05) is 0 Å². The second kappa shape index (κ2) is 8.80. The number of hydrogen-bond donors (Lipinski definition) is 3. The van der Waals surface area contributed by atoms with E-state index in [0.29, 0.717) is 30.4 Å². The van der Waals surface area contributed by atoms with Crippen LogP contribution in [0.4, 0.5) is 11.4 Å². The molecule has 11 heteroatoms. The largest absolute Gasteiger partial charge is 0.486 e. The molecule has 164 valence electrons. The number of anilines is 2. The van der Waals surface area contributed by atoms with E-state index >= 15 is 0 Å². The van der Waals surface area contributed by atoms with Crippen molar-refractivity contribution in [2.24, 2.45) is 5.73 Å². The zero-order valence-electron chi connectivity index (χ0n) is 16.8. The Labute approximate surface area is 182 Å². The van der Waals surface area contributed by atoms with Crippen LogP contribution in [-0.2, 0) is 4.79 Å². The molecule has 0 radical (unpaired) electrons. The topological polar surface area (TPSA) is 150 Å². The van der Waals surface area contributed by atoms with Crippen molar-refractivity contribution in [3.63, 3.8) is 0 Å². The zero-order chi connectivity index (χ0) is 22.0. The van der Waals surface area contributed by atoms with E-state index in [2.05, 4.69) is 9.69 Å². The minimum absolute atomic E-state index is 0.0392. The minimum Gasteiger partial charge on any atom is -0.486 e. The molecule has 0 saturated heterocycles. The van der Waals surface area contributed by atoms with E-state index in [-0.39, 0.29) is 34.8 Å². The number of carbonyl (C=O) groups excluding carboxylic acids is 3. The van der Waals surface area contributed by atoms with Gasteiger partial charge in [-0.3, -0.25) is 19.3 Å². The lowest BCUT2D eigenvalue weighted by Gasteiger charge is -2.25. The summed E-state index contributed by atoms with van der Waals surface area (Å²) in [5.41, 5.74) is 11.4. The number of amides is 3. The van der Waals surface area contributed by atoms with Gasteiger partial charge in [0.25, 0.3) is 11.8 Å². The molecule has 3 amide bonds. The first-order valence-electron chi connectivity index (χ1n) is 10.00. The van der Waals surface area contributed by atoms with E-state index < -0.39 is 11.8 Å². The fourth-order valence-electron chi connectivity index (χ4n) is 3.72.